The van der Waals surface area contributed by atoms with Gasteiger partial charge in [-0.25, -0.2) is 4.39 Å². The first-order chi connectivity index (χ1) is 6.00. The smallest absolute Gasteiger partial charge is 0.129 e. The van der Waals surface area contributed by atoms with E-state index in [-0.39, 0.29) is 5.82 Å². The van der Waals surface area contributed by atoms with Gasteiger partial charge in [0.15, 0.2) is 0 Å². The summed E-state index contributed by atoms with van der Waals surface area (Å²) in [6.07, 6.45) is 0.743. The van der Waals surface area contributed by atoms with Crippen molar-refractivity contribution in [1.82, 2.24) is 0 Å². The minimum Gasteiger partial charge on any atom is -0.206 e. The van der Waals surface area contributed by atoms with E-state index in [1.54, 1.807) is 19.1 Å². The van der Waals surface area contributed by atoms with E-state index in [2.05, 4.69) is 13.8 Å². The second-order valence-electron chi connectivity index (χ2n) is 3.79. The molecule has 0 aliphatic heterocycles. The van der Waals surface area contributed by atoms with Crippen molar-refractivity contribution in [3.63, 3.8) is 0 Å². The van der Waals surface area contributed by atoms with E-state index >= 15 is 0 Å². The molecule has 0 aromatic heterocycles. The number of hydrogen-bond acceptors (Lipinski definition) is 0. The number of hydrogen-bond donors (Lipinski definition) is 0. The standard InChI is InChI=1S/C11H14ClF/c1-7(2)4-9-6-10(12)5-8(3)11(9)13/h5-7H,4H2,1-3H3. The fraction of sp³-hybridized carbons (Fsp3) is 0.455. The van der Waals surface area contributed by atoms with Crippen molar-refractivity contribution in [3.8, 4) is 0 Å². The van der Waals surface area contributed by atoms with Gasteiger partial charge in [0.1, 0.15) is 5.82 Å². The first kappa shape index (κ1) is 10.5. The van der Waals surface area contributed by atoms with Crippen LogP contribution in [0.5, 0.6) is 0 Å². The van der Waals surface area contributed by atoms with Crippen LogP contribution < -0.4 is 0 Å². The van der Waals surface area contributed by atoms with Crippen molar-refractivity contribution < 1.29 is 4.39 Å². The molecule has 1 aromatic rings. The molecule has 13 heavy (non-hydrogen) atoms. The molecule has 0 radical (unpaired) electrons. The highest BCUT2D eigenvalue weighted by atomic mass is 35.5. The van der Waals surface area contributed by atoms with E-state index in [9.17, 15) is 4.39 Å². The summed E-state index contributed by atoms with van der Waals surface area (Å²) in [4.78, 5) is 0. The van der Waals surface area contributed by atoms with E-state index < -0.39 is 0 Å². The van der Waals surface area contributed by atoms with Gasteiger partial charge >= 0.3 is 0 Å². The van der Waals surface area contributed by atoms with Gasteiger partial charge in [0.2, 0.25) is 0 Å². The lowest BCUT2D eigenvalue weighted by Crippen LogP contribution is -1.99. The highest BCUT2D eigenvalue weighted by molar-refractivity contribution is 6.30. The van der Waals surface area contributed by atoms with Crippen LogP contribution in [0, 0.1) is 18.7 Å². The van der Waals surface area contributed by atoms with Crippen LogP contribution in [-0.4, -0.2) is 0 Å². The van der Waals surface area contributed by atoms with E-state index in [1.165, 1.54) is 0 Å². The average molecular weight is 201 g/mol. The molecule has 0 spiro atoms. The number of halogens is 2. The van der Waals surface area contributed by atoms with Crippen LogP contribution in [0.15, 0.2) is 12.1 Å². The van der Waals surface area contributed by atoms with Gasteiger partial charge in [-0.3, -0.25) is 0 Å². The molecule has 72 valence electrons. The Morgan fingerprint density at radius 3 is 2.54 bits per heavy atom. The van der Waals surface area contributed by atoms with E-state index in [1.807, 2.05) is 0 Å². The zero-order chi connectivity index (χ0) is 10.0. The molecule has 1 rings (SSSR count). The molecule has 0 N–H and O–H groups in total. The third kappa shape index (κ3) is 2.70. The molecule has 0 saturated carbocycles. The summed E-state index contributed by atoms with van der Waals surface area (Å²) in [5.41, 5.74) is 1.35. The lowest BCUT2D eigenvalue weighted by atomic mass is 10.0. The van der Waals surface area contributed by atoms with Crippen molar-refractivity contribution in [2.75, 3.05) is 0 Å². The summed E-state index contributed by atoms with van der Waals surface area (Å²) < 4.78 is 13.5. The van der Waals surface area contributed by atoms with Crippen molar-refractivity contribution in [2.45, 2.75) is 27.2 Å². The SMILES string of the molecule is Cc1cc(Cl)cc(CC(C)C)c1F. The lowest BCUT2D eigenvalue weighted by molar-refractivity contribution is 0.568. The second kappa shape index (κ2) is 4.10. The van der Waals surface area contributed by atoms with Crippen LogP contribution >= 0.6 is 11.6 Å². The fourth-order valence-corrected chi connectivity index (χ4v) is 1.68. The van der Waals surface area contributed by atoms with Gasteiger partial charge in [0, 0.05) is 5.02 Å². The topological polar surface area (TPSA) is 0 Å². The Hall–Kier alpha value is -0.560. The van der Waals surface area contributed by atoms with Crippen LogP contribution in [0.1, 0.15) is 25.0 Å². The molecule has 0 saturated heterocycles. The molecule has 0 aliphatic rings. The van der Waals surface area contributed by atoms with Crippen molar-refractivity contribution in [2.24, 2.45) is 5.92 Å². The van der Waals surface area contributed by atoms with Crippen LogP contribution in [-0.2, 0) is 6.42 Å². The zero-order valence-electron chi connectivity index (χ0n) is 8.20. The molecule has 0 unspecified atom stereocenters. The molecule has 0 aliphatic carbocycles. The molecule has 0 fully saturated rings. The summed E-state index contributed by atoms with van der Waals surface area (Å²) in [5, 5.41) is 0.620. The van der Waals surface area contributed by atoms with Gasteiger partial charge in [-0.05, 0) is 42.5 Å². The molecule has 0 heterocycles. The minimum absolute atomic E-state index is 0.113. The Kier molecular flexibility index (Phi) is 3.32. The van der Waals surface area contributed by atoms with Gasteiger partial charge in [-0.1, -0.05) is 25.4 Å². The number of rotatable bonds is 2. The molecule has 0 amide bonds. The highest BCUT2D eigenvalue weighted by Gasteiger charge is 2.08. The monoisotopic (exact) mass is 200 g/mol. The van der Waals surface area contributed by atoms with Crippen molar-refractivity contribution >= 4 is 11.6 Å². The maximum atomic E-state index is 13.5. The minimum atomic E-state index is -0.113. The molecule has 2 heteroatoms. The maximum Gasteiger partial charge on any atom is 0.129 e. The summed E-state index contributed by atoms with van der Waals surface area (Å²) in [7, 11) is 0. The third-order valence-electron chi connectivity index (χ3n) is 1.92. The Bertz CT molecular complexity index is 305. The summed E-state index contributed by atoms with van der Waals surface area (Å²) in [6, 6.07) is 3.37. The van der Waals surface area contributed by atoms with Gasteiger partial charge in [-0.2, -0.15) is 0 Å². The first-order valence-electron chi connectivity index (χ1n) is 4.45. The first-order valence-corrected chi connectivity index (χ1v) is 4.83. The van der Waals surface area contributed by atoms with Crippen LogP contribution in [0.4, 0.5) is 4.39 Å². The van der Waals surface area contributed by atoms with Gasteiger partial charge in [-0.15, -0.1) is 0 Å². The van der Waals surface area contributed by atoms with Gasteiger partial charge in [0.05, 0.1) is 0 Å². The molecule has 0 bridgehead atoms. The predicted octanol–water partition coefficient (Wildman–Crippen LogP) is 3.99. The largest absolute Gasteiger partial charge is 0.206 e. The maximum absolute atomic E-state index is 13.5. The zero-order valence-corrected chi connectivity index (χ0v) is 8.95. The van der Waals surface area contributed by atoms with Crippen LogP contribution in [0.25, 0.3) is 0 Å². The van der Waals surface area contributed by atoms with Crippen LogP contribution in [0.2, 0.25) is 5.02 Å². The second-order valence-corrected chi connectivity index (χ2v) is 4.23. The summed E-state index contributed by atoms with van der Waals surface area (Å²) in [6.45, 7) is 5.87. The molecular formula is C11H14ClF. The normalized spacial score (nSPS) is 10.9. The quantitative estimate of drug-likeness (QED) is 0.678. The molecule has 1 aromatic carbocycles. The molecular weight excluding hydrogens is 187 g/mol. The summed E-state index contributed by atoms with van der Waals surface area (Å²) in [5.74, 6) is 0.338. The van der Waals surface area contributed by atoms with E-state index in [0.29, 0.717) is 16.5 Å². The Morgan fingerprint density at radius 1 is 1.38 bits per heavy atom. The van der Waals surface area contributed by atoms with E-state index in [0.717, 1.165) is 12.0 Å². The Balaban J connectivity index is 3.05. The number of benzene rings is 1. The predicted molar refractivity (Wildman–Crippen MR) is 54.7 cm³/mol. The number of aryl methyl sites for hydroxylation is 1. The average Bonchev–Trinajstić information content (AvgIpc) is 1.98. The lowest BCUT2D eigenvalue weighted by Gasteiger charge is -2.08. The van der Waals surface area contributed by atoms with Gasteiger partial charge < -0.3 is 0 Å². The molecule has 0 nitrogen and oxygen atoms in total. The van der Waals surface area contributed by atoms with E-state index in [4.69, 9.17) is 11.6 Å². The highest BCUT2D eigenvalue weighted by Crippen LogP contribution is 2.21. The Labute approximate surface area is 83.7 Å². The fourth-order valence-electron chi connectivity index (χ4n) is 1.38. The third-order valence-corrected chi connectivity index (χ3v) is 2.14. The van der Waals surface area contributed by atoms with Crippen molar-refractivity contribution in [3.05, 3.63) is 34.1 Å². The molecule has 0 atom stereocenters. The van der Waals surface area contributed by atoms with Crippen molar-refractivity contribution in [1.29, 1.82) is 0 Å². The summed E-state index contributed by atoms with van der Waals surface area (Å²) >= 11 is 5.84. The Morgan fingerprint density at radius 2 is 2.00 bits per heavy atom. The van der Waals surface area contributed by atoms with Gasteiger partial charge in [0.25, 0.3) is 0 Å². The van der Waals surface area contributed by atoms with Crippen LogP contribution in [0.3, 0.4) is 0 Å².